The van der Waals surface area contributed by atoms with Crippen molar-refractivity contribution in [1.82, 2.24) is 5.32 Å². The first kappa shape index (κ1) is 16.1. The monoisotopic (exact) mass is 355 g/mol. The molecule has 0 atom stereocenters. The number of anilines is 2. The van der Waals surface area contributed by atoms with Crippen LogP contribution in [0.4, 0.5) is 11.4 Å². The molecule has 6 heteroatoms. The number of hydrogen-bond donors (Lipinski definition) is 2. The van der Waals surface area contributed by atoms with E-state index in [0.29, 0.717) is 29.2 Å². The predicted octanol–water partition coefficient (Wildman–Crippen LogP) is 3.32. The van der Waals surface area contributed by atoms with Crippen molar-refractivity contribution in [3.63, 3.8) is 0 Å². The fourth-order valence-corrected chi connectivity index (χ4v) is 3.59. The summed E-state index contributed by atoms with van der Waals surface area (Å²) in [6, 6.07) is 11.0. The second-order valence-electron chi connectivity index (χ2n) is 6.39. The van der Waals surface area contributed by atoms with Crippen molar-refractivity contribution in [2.45, 2.75) is 25.9 Å². The summed E-state index contributed by atoms with van der Waals surface area (Å²) in [5.74, 6) is -0.166. The van der Waals surface area contributed by atoms with Crippen LogP contribution in [0, 0.1) is 0 Å². The maximum Gasteiger partial charge on any atom is 0.255 e. The lowest BCUT2D eigenvalue weighted by molar-refractivity contribution is -0.117. The predicted molar refractivity (Wildman–Crippen MR) is 98.0 cm³/mol. The molecule has 2 aromatic rings. The summed E-state index contributed by atoms with van der Waals surface area (Å²) in [4.78, 5) is 26.3. The Morgan fingerprint density at radius 3 is 2.76 bits per heavy atom. The number of nitrogens with one attached hydrogen (secondary N) is 2. The second kappa shape index (κ2) is 6.50. The Labute approximate surface area is 151 Å². The van der Waals surface area contributed by atoms with Crippen LogP contribution in [0.1, 0.15) is 34.3 Å². The standard InChI is InChI=1S/C19H18ClN3O2/c20-15-6-13(8-17(9-15)23-5-1-2-18(23)24)19(25)22-16-4-3-12-10-21-11-14(12)7-16/h3-4,6-9,21H,1-2,5,10-11H2,(H,22,25). The molecule has 2 aliphatic rings. The zero-order valence-electron chi connectivity index (χ0n) is 13.6. The Morgan fingerprint density at radius 1 is 1.12 bits per heavy atom. The lowest BCUT2D eigenvalue weighted by Gasteiger charge is -2.17. The third-order valence-electron chi connectivity index (χ3n) is 4.62. The molecule has 5 nitrogen and oxygen atoms in total. The number of carbonyl (C=O) groups excluding carboxylic acids is 2. The highest BCUT2D eigenvalue weighted by atomic mass is 35.5. The van der Waals surface area contributed by atoms with E-state index in [9.17, 15) is 9.59 Å². The van der Waals surface area contributed by atoms with Crippen molar-refractivity contribution < 1.29 is 9.59 Å². The van der Waals surface area contributed by atoms with Crippen LogP contribution < -0.4 is 15.5 Å². The largest absolute Gasteiger partial charge is 0.322 e. The smallest absolute Gasteiger partial charge is 0.255 e. The maximum atomic E-state index is 12.6. The minimum Gasteiger partial charge on any atom is -0.322 e. The molecule has 0 unspecified atom stereocenters. The normalized spacial score (nSPS) is 16.2. The van der Waals surface area contributed by atoms with Crippen molar-refractivity contribution >= 4 is 34.8 Å². The van der Waals surface area contributed by atoms with Crippen molar-refractivity contribution in [1.29, 1.82) is 0 Å². The molecule has 2 aromatic carbocycles. The number of rotatable bonds is 3. The van der Waals surface area contributed by atoms with Crippen LogP contribution in [0.15, 0.2) is 36.4 Å². The van der Waals surface area contributed by atoms with Gasteiger partial charge in [-0.1, -0.05) is 17.7 Å². The van der Waals surface area contributed by atoms with Crippen molar-refractivity contribution in [3.8, 4) is 0 Å². The molecule has 0 aromatic heterocycles. The zero-order chi connectivity index (χ0) is 17.4. The molecule has 0 aliphatic carbocycles. The number of benzene rings is 2. The molecule has 128 valence electrons. The number of nitrogens with zero attached hydrogens (tertiary/aromatic N) is 1. The van der Waals surface area contributed by atoms with Gasteiger partial charge in [0.15, 0.2) is 0 Å². The zero-order valence-corrected chi connectivity index (χ0v) is 14.4. The van der Waals surface area contributed by atoms with Gasteiger partial charge in [0.25, 0.3) is 5.91 Å². The Bertz CT molecular complexity index is 866. The van der Waals surface area contributed by atoms with Crippen LogP contribution >= 0.6 is 11.6 Å². The van der Waals surface area contributed by atoms with Gasteiger partial charge in [-0.15, -0.1) is 0 Å². The van der Waals surface area contributed by atoms with Crippen molar-refractivity contribution in [2.75, 3.05) is 16.8 Å². The van der Waals surface area contributed by atoms with E-state index in [-0.39, 0.29) is 11.8 Å². The first-order valence-electron chi connectivity index (χ1n) is 8.35. The van der Waals surface area contributed by atoms with Crippen LogP contribution in [0.3, 0.4) is 0 Å². The van der Waals surface area contributed by atoms with Crippen LogP contribution in [0.2, 0.25) is 5.02 Å². The summed E-state index contributed by atoms with van der Waals surface area (Å²) in [5, 5.41) is 6.64. The van der Waals surface area contributed by atoms with Gasteiger partial charge in [-0.25, -0.2) is 0 Å². The molecule has 1 saturated heterocycles. The maximum absolute atomic E-state index is 12.6. The second-order valence-corrected chi connectivity index (χ2v) is 6.82. The van der Waals surface area contributed by atoms with Gasteiger partial charge in [0.1, 0.15) is 0 Å². The van der Waals surface area contributed by atoms with Gasteiger partial charge < -0.3 is 15.5 Å². The average Bonchev–Trinajstić information content (AvgIpc) is 3.22. The molecule has 4 rings (SSSR count). The van der Waals surface area contributed by atoms with E-state index < -0.39 is 0 Å². The molecule has 2 heterocycles. The van der Waals surface area contributed by atoms with E-state index in [0.717, 1.165) is 25.2 Å². The molecule has 0 radical (unpaired) electrons. The van der Waals surface area contributed by atoms with E-state index in [1.54, 1.807) is 23.1 Å². The molecule has 0 spiro atoms. The van der Waals surface area contributed by atoms with Gasteiger partial charge in [-0.2, -0.15) is 0 Å². The summed E-state index contributed by atoms with van der Waals surface area (Å²) >= 11 is 6.17. The number of hydrogen-bond acceptors (Lipinski definition) is 3. The van der Waals surface area contributed by atoms with Gasteiger partial charge in [-0.3, -0.25) is 9.59 Å². The summed E-state index contributed by atoms with van der Waals surface area (Å²) in [7, 11) is 0. The molecule has 1 fully saturated rings. The lowest BCUT2D eigenvalue weighted by atomic mass is 10.1. The van der Waals surface area contributed by atoms with Crippen molar-refractivity contribution in [2.24, 2.45) is 0 Å². The molecule has 25 heavy (non-hydrogen) atoms. The number of fused-ring (bicyclic) bond motifs is 1. The van der Waals surface area contributed by atoms with E-state index in [2.05, 4.69) is 10.6 Å². The molecular weight excluding hydrogens is 338 g/mol. The fourth-order valence-electron chi connectivity index (χ4n) is 3.36. The molecular formula is C19H18ClN3O2. The highest BCUT2D eigenvalue weighted by Crippen LogP contribution is 2.27. The van der Waals surface area contributed by atoms with Crippen molar-refractivity contribution in [3.05, 3.63) is 58.1 Å². The topological polar surface area (TPSA) is 61.4 Å². The highest BCUT2D eigenvalue weighted by Gasteiger charge is 2.23. The number of halogens is 1. The van der Waals surface area contributed by atoms with E-state index in [1.165, 1.54) is 11.1 Å². The minimum absolute atomic E-state index is 0.0692. The minimum atomic E-state index is -0.235. The highest BCUT2D eigenvalue weighted by molar-refractivity contribution is 6.31. The Hall–Kier alpha value is -2.37. The van der Waals surface area contributed by atoms with Crippen LogP contribution in [-0.2, 0) is 17.9 Å². The summed E-state index contributed by atoms with van der Waals surface area (Å²) < 4.78 is 0. The third-order valence-corrected chi connectivity index (χ3v) is 4.84. The lowest BCUT2D eigenvalue weighted by Crippen LogP contribution is -2.24. The van der Waals surface area contributed by atoms with Gasteiger partial charge in [0.2, 0.25) is 5.91 Å². The molecule has 2 amide bonds. The van der Waals surface area contributed by atoms with Gasteiger partial charge in [0.05, 0.1) is 0 Å². The molecule has 2 aliphatic heterocycles. The van der Waals surface area contributed by atoms with Crippen LogP contribution in [-0.4, -0.2) is 18.4 Å². The van der Waals surface area contributed by atoms with Crippen LogP contribution in [0.5, 0.6) is 0 Å². The first-order valence-corrected chi connectivity index (χ1v) is 8.73. The van der Waals surface area contributed by atoms with E-state index >= 15 is 0 Å². The Morgan fingerprint density at radius 2 is 1.96 bits per heavy atom. The molecule has 0 saturated carbocycles. The van der Waals surface area contributed by atoms with Gasteiger partial charge >= 0.3 is 0 Å². The number of carbonyl (C=O) groups is 2. The summed E-state index contributed by atoms with van der Waals surface area (Å²) in [6.45, 7) is 2.35. The van der Waals surface area contributed by atoms with Crippen LogP contribution in [0.25, 0.3) is 0 Å². The first-order chi connectivity index (χ1) is 12.1. The third kappa shape index (κ3) is 3.25. The average molecular weight is 356 g/mol. The number of amides is 2. The summed E-state index contributed by atoms with van der Waals surface area (Å²) in [6.07, 6.45) is 1.37. The van der Waals surface area contributed by atoms with Gasteiger partial charge in [0, 0.05) is 48.0 Å². The molecule has 0 bridgehead atoms. The van der Waals surface area contributed by atoms with E-state index in [4.69, 9.17) is 11.6 Å². The Kier molecular flexibility index (Phi) is 4.19. The van der Waals surface area contributed by atoms with Gasteiger partial charge in [-0.05, 0) is 47.9 Å². The quantitative estimate of drug-likeness (QED) is 0.887. The Balaban J connectivity index is 1.57. The van der Waals surface area contributed by atoms with E-state index in [1.807, 2.05) is 18.2 Å². The molecule has 2 N–H and O–H groups in total. The summed E-state index contributed by atoms with van der Waals surface area (Å²) in [5.41, 5.74) is 4.34. The fraction of sp³-hybridized carbons (Fsp3) is 0.263. The SMILES string of the molecule is O=C(Nc1ccc2c(c1)CNC2)c1cc(Cl)cc(N2CCCC2=O)c1.